The molecule has 3 heteroatoms. The van der Waals surface area contributed by atoms with Crippen molar-refractivity contribution in [2.45, 2.75) is 52.4 Å². The summed E-state index contributed by atoms with van der Waals surface area (Å²) in [4.78, 5) is 15.3. The first-order valence-electron chi connectivity index (χ1n) is 8.55. The Balaban J connectivity index is 1.75. The van der Waals surface area contributed by atoms with E-state index in [4.69, 9.17) is 5.73 Å². The summed E-state index contributed by atoms with van der Waals surface area (Å²) in [7, 11) is 0. The lowest BCUT2D eigenvalue weighted by Gasteiger charge is -2.56. The van der Waals surface area contributed by atoms with Crippen molar-refractivity contribution in [3.05, 3.63) is 0 Å². The van der Waals surface area contributed by atoms with Crippen molar-refractivity contribution in [1.29, 1.82) is 0 Å². The van der Waals surface area contributed by atoms with E-state index in [1.807, 2.05) is 0 Å². The molecule has 4 aliphatic carbocycles. The molecule has 4 saturated carbocycles. The highest BCUT2D eigenvalue weighted by Gasteiger charge is 2.55. The highest BCUT2D eigenvalue weighted by Crippen LogP contribution is 2.60. The molecule has 4 aliphatic rings. The molecule has 0 aromatic rings. The van der Waals surface area contributed by atoms with Crippen molar-refractivity contribution in [2.75, 3.05) is 19.6 Å². The molecule has 4 rings (SSSR count). The number of nitrogens with two attached hydrogens (primary N) is 1. The minimum absolute atomic E-state index is 0.0130. The molecule has 4 bridgehead atoms. The molecular formula is C17H30N2O. The molecule has 0 spiro atoms. The lowest BCUT2D eigenvalue weighted by molar-refractivity contribution is -0.158. The van der Waals surface area contributed by atoms with E-state index < -0.39 is 0 Å². The van der Waals surface area contributed by atoms with Crippen LogP contribution in [-0.4, -0.2) is 30.4 Å². The van der Waals surface area contributed by atoms with E-state index in [0.29, 0.717) is 18.4 Å². The van der Waals surface area contributed by atoms with Gasteiger partial charge in [0.05, 0.1) is 5.41 Å². The van der Waals surface area contributed by atoms with E-state index in [2.05, 4.69) is 18.7 Å². The normalized spacial score (nSPS) is 39.9. The Kier molecular flexibility index (Phi) is 3.83. The third kappa shape index (κ3) is 2.38. The molecule has 1 atom stereocenters. The number of rotatable bonds is 5. The first kappa shape index (κ1) is 14.4. The first-order valence-corrected chi connectivity index (χ1v) is 8.55. The van der Waals surface area contributed by atoms with Crippen LogP contribution >= 0.6 is 0 Å². The SMILES string of the molecule is CCN(CC(C)CN)C(=O)C12CC3CC(CC(C3)C1)C2. The average molecular weight is 278 g/mol. The van der Waals surface area contributed by atoms with Gasteiger partial charge in [0.25, 0.3) is 0 Å². The molecule has 0 saturated heterocycles. The molecule has 2 N–H and O–H groups in total. The van der Waals surface area contributed by atoms with Gasteiger partial charge in [-0.25, -0.2) is 0 Å². The Hall–Kier alpha value is -0.570. The van der Waals surface area contributed by atoms with E-state index in [1.54, 1.807) is 0 Å². The Morgan fingerprint density at radius 3 is 2.10 bits per heavy atom. The van der Waals surface area contributed by atoms with E-state index in [1.165, 1.54) is 38.5 Å². The summed E-state index contributed by atoms with van der Waals surface area (Å²) in [6.07, 6.45) is 7.72. The van der Waals surface area contributed by atoms with Gasteiger partial charge >= 0.3 is 0 Å². The quantitative estimate of drug-likeness (QED) is 0.840. The maximum atomic E-state index is 13.2. The fraction of sp³-hybridized carbons (Fsp3) is 0.941. The smallest absolute Gasteiger partial charge is 0.228 e. The van der Waals surface area contributed by atoms with E-state index >= 15 is 0 Å². The third-order valence-electron chi connectivity index (χ3n) is 6.10. The third-order valence-corrected chi connectivity index (χ3v) is 6.10. The van der Waals surface area contributed by atoms with Crippen LogP contribution in [0.1, 0.15) is 52.4 Å². The van der Waals surface area contributed by atoms with Crippen LogP contribution in [0.4, 0.5) is 0 Å². The van der Waals surface area contributed by atoms with Crippen molar-refractivity contribution in [1.82, 2.24) is 4.90 Å². The van der Waals surface area contributed by atoms with Crippen LogP contribution in [0.5, 0.6) is 0 Å². The molecule has 0 aromatic heterocycles. The molecule has 0 aliphatic heterocycles. The predicted molar refractivity (Wildman–Crippen MR) is 81.1 cm³/mol. The molecule has 1 amide bonds. The molecule has 0 heterocycles. The molecule has 114 valence electrons. The van der Waals surface area contributed by atoms with Crippen molar-refractivity contribution in [2.24, 2.45) is 34.8 Å². The van der Waals surface area contributed by atoms with E-state index in [0.717, 1.165) is 30.8 Å². The van der Waals surface area contributed by atoms with Gasteiger partial charge in [0.15, 0.2) is 0 Å². The van der Waals surface area contributed by atoms with Gasteiger partial charge in [0.2, 0.25) is 5.91 Å². The summed E-state index contributed by atoms with van der Waals surface area (Å²) in [5, 5.41) is 0. The lowest BCUT2D eigenvalue weighted by atomic mass is 9.49. The fourth-order valence-corrected chi connectivity index (χ4v) is 5.51. The van der Waals surface area contributed by atoms with Gasteiger partial charge in [0.1, 0.15) is 0 Å². The number of hydrogen-bond acceptors (Lipinski definition) is 2. The maximum Gasteiger partial charge on any atom is 0.228 e. The highest BCUT2D eigenvalue weighted by atomic mass is 16.2. The van der Waals surface area contributed by atoms with Crippen molar-refractivity contribution in [3.63, 3.8) is 0 Å². The molecule has 3 nitrogen and oxygen atoms in total. The molecule has 0 aromatic carbocycles. The van der Waals surface area contributed by atoms with Gasteiger partial charge in [-0.3, -0.25) is 4.79 Å². The number of amides is 1. The second kappa shape index (κ2) is 5.32. The van der Waals surface area contributed by atoms with Gasteiger partial charge in [-0.1, -0.05) is 6.92 Å². The Morgan fingerprint density at radius 1 is 1.20 bits per heavy atom. The van der Waals surface area contributed by atoms with Crippen molar-refractivity contribution >= 4 is 5.91 Å². The van der Waals surface area contributed by atoms with Crippen LogP contribution in [-0.2, 0) is 4.79 Å². The summed E-state index contributed by atoms with van der Waals surface area (Å²) >= 11 is 0. The zero-order valence-electron chi connectivity index (χ0n) is 13.1. The van der Waals surface area contributed by atoms with Gasteiger partial charge < -0.3 is 10.6 Å². The summed E-state index contributed by atoms with van der Waals surface area (Å²) in [5.41, 5.74) is 5.76. The molecule has 20 heavy (non-hydrogen) atoms. The van der Waals surface area contributed by atoms with E-state index in [9.17, 15) is 4.79 Å². The zero-order valence-corrected chi connectivity index (χ0v) is 13.1. The monoisotopic (exact) mass is 278 g/mol. The summed E-state index contributed by atoms with van der Waals surface area (Å²) < 4.78 is 0. The van der Waals surface area contributed by atoms with E-state index in [-0.39, 0.29) is 5.41 Å². The topological polar surface area (TPSA) is 46.3 Å². The van der Waals surface area contributed by atoms with Gasteiger partial charge in [-0.15, -0.1) is 0 Å². The Morgan fingerprint density at radius 2 is 1.70 bits per heavy atom. The second-order valence-corrected chi connectivity index (χ2v) is 7.88. The number of carbonyl (C=O) groups is 1. The lowest BCUT2D eigenvalue weighted by Crippen LogP contribution is -2.55. The molecule has 4 fully saturated rings. The minimum Gasteiger partial charge on any atom is -0.342 e. The van der Waals surface area contributed by atoms with Crippen LogP contribution in [0, 0.1) is 29.1 Å². The molecular weight excluding hydrogens is 248 g/mol. The number of hydrogen-bond donors (Lipinski definition) is 1. The van der Waals surface area contributed by atoms with Crippen LogP contribution in [0.15, 0.2) is 0 Å². The summed E-state index contributed by atoms with van der Waals surface area (Å²) in [5.74, 6) is 3.40. The maximum absolute atomic E-state index is 13.2. The zero-order chi connectivity index (χ0) is 14.3. The summed E-state index contributed by atoms with van der Waals surface area (Å²) in [6, 6.07) is 0. The second-order valence-electron chi connectivity index (χ2n) is 7.88. The van der Waals surface area contributed by atoms with Crippen LogP contribution < -0.4 is 5.73 Å². The Bertz CT molecular complexity index is 344. The largest absolute Gasteiger partial charge is 0.342 e. The fourth-order valence-electron chi connectivity index (χ4n) is 5.51. The van der Waals surface area contributed by atoms with Crippen molar-refractivity contribution in [3.8, 4) is 0 Å². The standard InChI is InChI=1S/C17H30N2O/c1-3-19(11-12(2)10-18)16(20)17-7-13-4-14(8-17)6-15(5-13)9-17/h12-15H,3-11,18H2,1-2H3. The highest BCUT2D eigenvalue weighted by molar-refractivity contribution is 5.83. The van der Waals surface area contributed by atoms with Crippen LogP contribution in [0.2, 0.25) is 0 Å². The average Bonchev–Trinajstić information content (AvgIpc) is 2.42. The number of carbonyl (C=O) groups excluding carboxylic acids is 1. The minimum atomic E-state index is 0.0130. The molecule has 0 radical (unpaired) electrons. The Labute approximate surface area is 123 Å². The van der Waals surface area contributed by atoms with Crippen LogP contribution in [0.3, 0.4) is 0 Å². The van der Waals surface area contributed by atoms with Gasteiger partial charge in [-0.05, 0) is 75.7 Å². The predicted octanol–water partition coefficient (Wildman–Crippen LogP) is 2.65. The van der Waals surface area contributed by atoms with Crippen molar-refractivity contribution < 1.29 is 4.79 Å². The van der Waals surface area contributed by atoms with Crippen LogP contribution in [0.25, 0.3) is 0 Å². The molecule has 1 unspecified atom stereocenters. The summed E-state index contributed by atoms with van der Waals surface area (Å²) in [6.45, 7) is 6.61. The van der Waals surface area contributed by atoms with Gasteiger partial charge in [-0.2, -0.15) is 0 Å². The number of nitrogens with zero attached hydrogens (tertiary/aromatic N) is 1. The van der Waals surface area contributed by atoms with Gasteiger partial charge in [0, 0.05) is 13.1 Å². The first-order chi connectivity index (χ1) is 9.56.